The molecule has 116 valence electrons. The van der Waals surface area contributed by atoms with Crippen LogP contribution in [0.3, 0.4) is 0 Å². The van der Waals surface area contributed by atoms with E-state index in [9.17, 15) is 17.2 Å². The van der Waals surface area contributed by atoms with E-state index in [1.54, 1.807) is 0 Å². The summed E-state index contributed by atoms with van der Waals surface area (Å²) in [6, 6.07) is 1.60. The Bertz CT molecular complexity index is 642. The van der Waals surface area contributed by atoms with E-state index < -0.39 is 33.2 Å². The summed E-state index contributed by atoms with van der Waals surface area (Å²) in [7, 11) is -4.13. The molecule has 0 atom stereocenters. The number of benzene rings is 1. The van der Waals surface area contributed by atoms with Gasteiger partial charge >= 0.3 is 0 Å². The number of hydrogen-bond acceptors (Lipinski definition) is 3. The van der Waals surface area contributed by atoms with E-state index in [0.29, 0.717) is 11.8 Å². The highest BCUT2D eigenvalue weighted by atomic mass is 32.2. The summed E-state index contributed by atoms with van der Waals surface area (Å²) in [5.74, 6) is -2.05. The number of halogens is 2. The molecular weight excluding hydrogens is 300 g/mol. The maximum atomic E-state index is 13.8. The van der Waals surface area contributed by atoms with Crippen molar-refractivity contribution in [3.05, 3.63) is 29.3 Å². The summed E-state index contributed by atoms with van der Waals surface area (Å²) in [6.07, 6.45) is 3.88. The van der Waals surface area contributed by atoms with Crippen molar-refractivity contribution in [3.8, 4) is 0 Å². The highest BCUT2D eigenvalue weighted by molar-refractivity contribution is 7.89. The molecule has 0 heterocycles. The molecule has 7 heteroatoms. The molecule has 0 radical (unpaired) electrons. The van der Waals surface area contributed by atoms with Crippen LogP contribution in [0.15, 0.2) is 17.0 Å². The maximum Gasteiger partial charge on any atom is 0.243 e. The molecule has 0 saturated heterocycles. The smallest absolute Gasteiger partial charge is 0.243 e. The molecule has 0 aliphatic heterocycles. The van der Waals surface area contributed by atoms with Gasteiger partial charge in [0.2, 0.25) is 10.0 Å². The third kappa shape index (κ3) is 3.09. The van der Waals surface area contributed by atoms with Gasteiger partial charge in [-0.3, -0.25) is 0 Å². The molecule has 2 N–H and O–H groups in total. The van der Waals surface area contributed by atoms with Gasteiger partial charge in [-0.25, -0.2) is 21.9 Å². The molecule has 0 aromatic heterocycles. The van der Waals surface area contributed by atoms with Gasteiger partial charge in [-0.05, 0) is 55.2 Å². The molecule has 3 rings (SSSR count). The molecule has 21 heavy (non-hydrogen) atoms. The zero-order chi connectivity index (χ0) is 15.2. The zero-order valence-corrected chi connectivity index (χ0v) is 12.2. The molecule has 0 amide bonds. The topological polar surface area (TPSA) is 66.4 Å². The summed E-state index contributed by atoms with van der Waals surface area (Å²) in [5.41, 5.74) is 0.0312. The SMILES string of the molecule is O=S(=O)(NC(C1CC1)C1CC1)c1cc(CO)cc(F)c1F. The van der Waals surface area contributed by atoms with Gasteiger partial charge in [0.05, 0.1) is 6.61 Å². The van der Waals surface area contributed by atoms with Crippen molar-refractivity contribution in [2.24, 2.45) is 11.8 Å². The van der Waals surface area contributed by atoms with E-state index >= 15 is 0 Å². The van der Waals surface area contributed by atoms with Crippen molar-refractivity contribution < 1.29 is 22.3 Å². The van der Waals surface area contributed by atoms with Crippen molar-refractivity contribution in [2.45, 2.75) is 43.2 Å². The molecule has 2 fully saturated rings. The van der Waals surface area contributed by atoms with Crippen LogP contribution in [0.4, 0.5) is 8.78 Å². The number of hydrogen-bond donors (Lipinski definition) is 2. The summed E-state index contributed by atoms with van der Waals surface area (Å²) < 4.78 is 54.5. The predicted octanol–water partition coefficient (Wildman–Crippen LogP) is 1.92. The Balaban J connectivity index is 1.92. The van der Waals surface area contributed by atoms with Crippen LogP contribution in [-0.4, -0.2) is 19.6 Å². The second kappa shape index (κ2) is 5.30. The lowest BCUT2D eigenvalue weighted by atomic mass is 10.1. The van der Waals surface area contributed by atoms with Gasteiger partial charge in [-0.15, -0.1) is 0 Å². The van der Waals surface area contributed by atoms with Crippen LogP contribution >= 0.6 is 0 Å². The zero-order valence-electron chi connectivity index (χ0n) is 11.4. The minimum Gasteiger partial charge on any atom is -0.392 e. The summed E-state index contributed by atoms with van der Waals surface area (Å²) in [4.78, 5) is -0.724. The van der Waals surface area contributed by atoms with Crippen LogP contribution in [0, 0.1) is 23.5 Å². The lowest BCUT2D eigenvalue weighted by Crippen LogP contribution is -2.38. The predicted molar refractivity (Wildman–Crippen MR) is 71.8 cm³/mol. The fourth-order valence-corrected chi connectivity index (χ4v) is 4.14. The molecule has 1 aromatic rings. The average molecular weight is 317 g/mol. The molecule has 2 aliphatic carbocycles. The van der Waals surface area contributed by atoms with Crippen LogP contribution in [-0.2, 0) is 16.6 Å². The van der Waals surface area contributed by atoms with Gasteiger partial charge in [0, 0.05) is 6.04 Å². The lowest BCUT2D eigenvalue weighted by Gasteiger charge is -2.18. The van der Waals surface area contributed by atoms with E-state index in [4.69, 9.17) is 5.11 Å². The lowest BCUT2D eigenvalue weighted by molar-refractivity contribution is 0.280. The summed E-state index contributed by atoms with van der Waals surface area (Å²) >= 11 is 0. The molecule has 1 aromatic carbocycles. The normalized spacial score (nSPS) is 19.2. The van der Waals surface area contributed by atoms with Crippen molar-refractivity contribution in [1.29, 1.82) is 0 Å². The third-order valence-electron chi connectivity index (χ3n) is 4.08. The summed E-state index contributed by atoms with van der Waals surface area (Å²) in [6.45, 7) is -0.547. The second-order valence-electron chi connectivity index (χ2n) is 5.87. The maximum absolute atomic E-state index is 13.8. The van der Waals surface area contributed by atoms with Crippen LogP contribution in [0.2, 0.25) is 0 Å². The van der Waals surface area contributed by atoms with Crippen LogP contribution < -0.4 is 4.72 Å². The monoisotopic (exact) mass is 317 g/mol. The van der Waals surface area contributed by atoms with Crippen LogP contribution in [0.5, 0.6) is 0 Å². The highest BCUT2D eigenvalue weighted by Gasteiger charge is 2.44. The standard InChI is InChI=1S/C14H17F2NO3S/c15-11-5-8(7-18)6-12(13(11)16)21(19,20)17-14(9-1-2-9)10-3-4-10/h5-6,9-10,14,17-18H,1-4,7H2. The number of aliphatic hydroxyl groups excluding tert-OH is 1. The molecule has 2 aliphatic rings. The molecule has 0 spiro atoms. The highest BCUT2D eigenvalue weighted by Crippen LogP contribution is 2.45. The number of nitrogens with one attached hydrogen (secondary N) is 1. The van der Waals surface area contributed by atoms with Crippen LogP contribution in [0.1, 0.15) is 31.2 Å². The Morgan fingerprint density at radius 2 is 1.76 bits per heavy atom. The van der Waals surface area contributed by atoms with Gasteiger partial charge < -0.3 is 5.11 Å². The fourth-order valence-electron chi connectivity index (χ4n) is 2.63. The van der Waals surface area contributed by atoms with Gasteiger partial charge in [0.15, 0.2) is 11.6 Å². The van der Waals surface area contributed by atoms with Crippen molar-refractivity contribution in [2.75, 3.05) is 0 Å². The fraction of sp³-hybridized carbons (Fsp3) is 0.571. The van der Waals surface area contributed by atoms with E-state index in [1.807, 2.05) is 0 Å². The Labute approximate surface area is 122 Å². The van der Waals surface area contributed by atoms with E-state index in [1.165, 1.54) is 0 Å². The first-order chi connectivity index (χ1) is 9.92. The second-order valence-corrected chi connectivity index (χ2v) is 7.55. The summed E-state index contributed by atoms with van der Waals surface area (Å²) in [5, 5.41) is 9.02. The average Bonchev–Trinajstić information content (AvgIpc) is 3.30. The number of aliphatic hydroxyl groups is 1. The molecule has 0 bridgehead atoms. The molecule has 4 nitrogen and oxygen atoms in total. The van der Waals surface area contributed by atoms with Gasteiger partial charge in [-0.2, -0.15) is 0 Å². The van der Waals surface area contributed by atoms with Crippen LogP contribution in [0.25, 0.3) is 0 Å². The quantitative estimate of drug-likeness (QED) is 0.842. The first kappa shape index (κ1) is 14.9. The third-order valence-corrected chi connectivity index (χ3v) is 5.54. The van der Waals surface area contributed by atoms with Crippen molar-refractivity contribution in [3.63, 3.8) is 0 Å². The van der Waals surface area contributed by atoms with Gasteiger partial charge in [0.25, 0.3) is 0 Å². The molecule has 2 saturated carbocycles. The van der Waals surface area contributed by atoms with E-state index in [-0.39, 0.29) is 11.6 Å². The van der Waals surface area contributed by atoms with Crippen molar-refractivity contribution in [1.82, 2.24) is 4.72 Å². The Morgan fingerprint density at radius 1 is 1.19 bits per heavy atom. The van der Waals surface area contributed by atoms with E-state index in [0.717, 1.165) is 37.8 Å². The molecular formula is C14H17F2NO3S. The van der Waals surface area contributed by atoms with E-state index in [2.05, 4.69) is 4.72 Å². The Hall–Kier alpha value is -1.05. The first-order valence-corrected chi connectivity index (χ1v) is 8.52. The van der Waals surface area contributed by atoms with Crippen molar-refractivity contribution >= 4 is 10.0 Å². The minimum absolute atomic E-state index is 0.0312. The largest absolute Gasteiger partial charge is 0.392 e. The Morgan fingerprint density at radius 3 is 2.24 bits per heavy atom. The number of rotatable bonds is 6. The minimum atomic E-state index is -4.13. The number of sulfonamides is 1. The van der Waals surface area contributed by atoms with Gasteiger partial charge in [-0.1, -0.05) is 0 Å². The molecule has 0 unspecified atom stereocenters. The first-order valence-electron chi connectivity index (χ1n) is 7.03. The van der Waals surface area contributed by atoms with Gasteiger partial charge in [0.1, 0.15) is 4.90 Å². The Kier molecular flexibility index (Phi) is 3.75.